The minimum atomic E-state index is -4.53. The molecule has 1 aliphatic rings. The highest BCUT2D eigenvalue weighted by Gasteiger charge is 2.35. The number of carbonyl (C=O) groups is 2. The van der Waals surface area contributed by atoms with Crippen LogP contribution in [0.15, 0.2) is 18.2 Å². The summed E-state index contributed by atoms with van der Waals surface area (Å²) in [6.07, 6.45) is -6.19. The lowest BCUT2D eigenvalue weighted by atomic mass is 10.0. The van der Waals surface area contributed by atoms with Crippen LogP contribution < -0.4 is 5.32 Å². The van der Waals surface area contributed by atoms with Crippen LogP contribution in [0.4, 0.5) is 17.6 Å². The monoisotopic (exact) mass is 468 g/mol. The normalized spacial score (nSPS) is 18.1. The van der Waals surface area contributed by atoms with Gasteiger partial charge in [0.2, 0.25) is 0 Å². The van der Waals surface area contributed by atoms with Crippen molar-refractivity contribution < 1.29 is 47.6 Å². The Balaban J connectivity index is 0.000000433. The Morgan fingerprint density at radius 2 is 1.78 bits per heavy atom. The van der Waals surface area contributed by atoms with Gasteiger partial charge in [-0.3, -0.25) is 4.90 Å². The van der Waals surface area contributed by atoms with Gasteiger partial charge in [-0.15, -0.1) is 0 Å². The van der Waals surface area contributed by atoms with E-state index in [1.165, 1.54) is 6.07 Å². The maximum atomic E-state index is 13.2. The third-order valence-electron chi connectivity index (χ3n) is 4.91. The summed E-state index contributed by atoms with van der Waals surface area (Å²) >= 11 is 0. The number of benzene rings is 1. The zero-order chi connectivity index (χ0) is 24.5. The molecule has 1 aromatic rings. The molecule has 1 aliphatic heterocycles. The van der Waals surface area contributed by atoms with E-state index in [2.05, 4.69) is 17.1 Å². The molecule has 3 atom stereocenters. The molecule has 2 rings (SSSR count). The van der Waals surface area contributed by atoms with Gasteiger partial charge in [-0.25, -0.2) is 14.0 Å². The van der Waals surface area contributed by atoms with Crippen LogP contribution in [0, 0.1) is 5.82 Å². The fourth-order valence-electron chi connectivity index (χ4n) is 3.14. The lowest BCUT2D eigenvalue weighted by molar-refractivity contribution is -0.165. The van der Waals surface area contributed by atoms with Crippen LogP contribution in [0.1, 0.15) is 37.3 Å². The zero-order valence-corrected chi connectivity index (χ0v) is 17.5. The highest BCUT2D eigenvalue weighted by molar-refractivity contribution is 5.83. The van der Waals surface area contributed by atoms with E-state index in [0.717, 1.165) is 45.0 Å². The molecule has 12 heteroatoms. The van der Waals surface area contributed by atoms with Crippen LogP contribution in [-0.4, -0.2) is 75.1 Å². The number of aliphatic carboxylic acids is 2. The first-order valence-corrected chi connectivity index (χ1v) is 10.0. The Labute approximate surface area is 182 Å². The maximum Gasteiger partial charge on any atom is 0.416 e. The Kier molecular flexibility index (Phi) is 11.0. The van der Waals surface area contributed by atoms with Gasteiger partial charge in [0.25, 0.3) is 0 Å². The average molecular weight is 468 g/mol. The largest absolute Gasteiger partial charge is 0.479 e. The number of nitrogens with one attached hydrogen (secondary N) is 1. The van der Waals surface area contributed by atoms with E-state index in [0.29, 0.717) is 6.07 Å². The number of alkyl halides is 3. The van der Waals surface area contributed by atoms with Crippen LogP contribution >= 0.6 is 0 Å². The molecule has 2 unspecified atom stereocenters. The van der Waals surface area contributed by atoms with E-state index in [-0.39, 0.29) is 18.2 Å². The quantitative estimate of drug-likeness (QED) is 0.346. The number of unbranched alkanes of at least 4 members (excludes halogenated alkanes) is 1. The molecule has 0 aromatic heterocycles. The Morgan fingerprint density at radius 1 is 1.19 bits per heavy atom. The fourth-order valence-corrected chi connectivity index (χ4v) is 3.14. The molecule has 0 spiro atoms. The number of carboxylic acid groups (broad SMARTS) is 2. The number of aliphatic hydroxyl groups is 2. The van der Waals surface area contributed by atoms with Gasteiger partial charge in [0.05, 0.1) is 5.56 Å². The molecule has 0 amide bonds. The first-order valence-electron chi connectivity index (χ1n) is 10.0. The topological polar surface area (TPSA) is 130 Å². The summed E-state index contributed by atoms with van der Waals surface area (Å²) in [4.78, 5) is 21.6. The number of carboxylic acids is 2. The third kappa shape index (κ3) is 8.69. The van der Waals surface area contributed by atoms with Gasteiger partial charge in [0.15, 0.2) is 12.2 Å². The van der Waals surface area contributed by atoms with Gasteiger partial charge in [-0.05, 0) is 43.6 Å². The third-order valence-corrected chi connectivity index (χ3v) is 4.91. The fraction of sp³-hybridized carbons (Fsp3) is 0.600. The Morgan fingerprint density at radius 3 is 2.22 bits per heavy atom. The van der Waals surface area contributed by atoms with Gasteiger partial charge in [-0.2, -0.15) is 13.2 Å². The predicted octanol–water partition coefficient (Wildman–Crippen LogP) is 1.69. The second-order valence-electron chi connectivity index (χ2n) is 7.34. The van der Waals surface area contributed by atoms with Crippen LogP contribution in [0.2, 0.25) is 0 Å². The second kappa shape index (κ2) is 12.7. The first kappa shape index (κ1) is 27.8. The molecule has 0 saturated carbocycles. The second-order valence-corrected chi connectivity index (χ2v) is 7.34. The molecule has 1 saturated heterocycles. The average Bonchev–Trinajstić information content (AvgIpc) is 3.25. The number of rotatable bonds is 9. The molecule has 1 heterocycles. The highest BCUT2D eigenvalue weighted by Crippen LogP contribution is 2.33. The Hall–Kier alpha value is -2.28. The first-order chi connectivity index (χ1) is 14.9. The van der Waals surface area contributed by atoms with Crippen molar-refractivity contribution in [2.75, 3.05) is 19.6 Å². The van der Waals surface area contributed by atoms with Crippen molar-refractivity contribution in [3.63, 3.8) is 0 Å². The molecule has 1 aromatic carbocycles. The van der Waals surface area contributed by atoms with Crippen LogP contribution in [-0.2, 0) is 22.3 Å². The van der Waals surface area contributed by atoms with E-state index in [9.17, 15) is 27.2 Å². The van der Waals surface area contributed by atoms with Gasteiger partial charge in [0, 0.05) is 19.1 Å². The van der Waals surface area contributed by atoms with Crippen molar-refractivity contribution in [2.45, 2.75) is 57.2 Å². The smallest absolute Gasteiger partial charge is 0.416 e. The van der Waals surface area contributed by atoms with Gasteiger partial charge < -0.3 is 25.7 Å². The molecule has 0 radical (unpaired) electrons. The van der Waals surface area contributed by atoms with Gasteiger partial charge in [-0.1, -0.05) is 19.4 Å². The summed E-state index contributed by atoms with van der Waals surface area (Å²) in [5, 5.41) is 35.8. The molecule has 0 aliphatic carbocycles. The summed E-state index contributed by atoms with van der Waals surface area (Å²) in [7, 11) is 0. The van der Waals surface area contributed by atoms with E-state index >= 15 is 0 Å². The molecule has 182 valence electrons. The molecule has 0 bridgehead atoms. The summed E-state index contributed by atoms with van der Waals surface area (Å²) in [6.45, 7) is 4.72. The standard InChI is InChI=1S/C16H22F4N2.C4H6O6/c1-2-3-8-22(14-6-7-21-10-14)11-12-4-5-13(17)9-15(12)16(18,19)20;5-1(3(7)8)2(6)4(9)10/h4-5,9,14,21H,2-3,6-8,10-11H2,1H3;1-2,5-6H,(H,7,8)(H,9,10)/t14-;/m0./s1. The molecule has 5 N–H and O–H groups in total. The van der Waals surface area contributed by atoms with Crippen LogP contribution in [0.3, 0.4) is 0 Å². The number of aliphatic hydroxyl groups excluding tert-OH is 2. The number of hydrogen-bond acceptors (Lipinski definition) is 6. The number of hydrogen-bond donors (Lipinski definition) is 5. The summed E-state index contributed by atoms with van der Waals surface area (Å²) in [6, 6.07) is 3.22. The van der Waals surface area contributed by atoms with E-state index < -0.39 is 41.7 Å². The van der Waals surface area contributed by atoms with Gasteiger partial charge >= 0.3 is 18.1 Å². The van der Waals surface area contributed by atoms with Gasteiger partial charge in [0.1, 0.15) is 5.82 Å². The molecule has 1 fully saturated rings. The van der Waals surface area contributed by atoms with Crippen molar-refractivity contribution in [3.8, 4) is 0 Å². The number of nitrogens with zero attached hydrogens (tertiary/aromatic N) is 1. The summed E-state index contributed by atoms with van der Waals surface area (Å²) in [5.74, 6) is -4.39. The lowest BCUT2D eigenvalue weighted by Gasteiger charge is -2.29. The molecule has 32 heavy (non-hydrogen) atoms. The van der Waals surface area contributed by atoms with E-state index in [1.54, 1.807) is 0 Å². The summed E-state index contributed by atoms with van der Waals surface area (Å²) in [5.41, 5.74) is -0.711. The van der Waals surface area contributed by atoms with Crippen molar-refractivity contribution in [1.82, 2.24) is 10.2 Å². The van der Waals surface area contributed by atoms with Crippen LogP contribution in [0.5, 0.6) is 0 Å². The SMILES string of the molecule is CCCCN(Cc1ccc(F)cc1C(F)(F)F)[C@H]1CCNC1.O=C(O)C(O)C(O)C(=O)O. The zero-order valence-electron chi connectivity index (χ0n) is 17.5. The summed E-state index contributed by atoms with van der Waals surface area (Å²) < 4.78 is 52.5. The molecular weight excluding hydrogens is 440 g/mol. The van der Waals surface area contributed by atoms with Crippen molar-refractivity contribution in [3.05, 3.63) is 35.1 Å². The molecule has 8 nitrogen and oxygen atoms in total. The van der Waals surface area contributed by atoms with Crippen molar-refractivity contribution in [1.29, 1.82) is 0 Å². The van der Waals surface area contributed by atoms with Crippen LogP contribution in [0.25, 0.3) is 0 Å². The highest BCUT2D eigenvalue weighted by atomic mass is 19.4. The minimum Gasteiger partial charge on any atom is -0.479 e. The maximum absolute atomic E-state index is 13.2. The van der Waals surface area contributed by atoms with Crippen molar-refractivity contribution in [2.24, 2.45) is 0 Å². The van der Waals surface area contributed by atoms with E-state index in [4.69, 9.17) is 20.4 Å². The number of halogens is 4. The lowest BCUT2D eigenvalue weighted by Crippen LogP contribution is -2.39. The van der Waals surface area contributed by atoms with E-state index in [1.807, 2.05) is 0 Å². The molecular formula is C20H28F4N2O6. The van der Waals surface area contributed by atoms with Crippen molar-refractivity contribution >= 4 is 11.9 Å². The predicted molar refractivity (Wildman–Crippen MR) is 105 cm³/mol. The Bertz CT molecular complexity index is 738. The minimum absolute atomic E-state index is 0.150.